The standard InChI is InChI=1S/C17H26N2O/c1-12(16(20)19(4)5)18-15-10-11-17(2,3)14-9-7-6-8-13(14)15/h6-9,12,15,18H,10-11H2,1-5H3. The van der Waals surface area contributed by atoms with Gasteiger partial charge in [0.1, 0.15) is 0 Å². The van der Waals surface area contributed by atoms with Crippen LogP contribution in [-0.4, -0.2) is 30.9 Å². The summed E-state index contributed by atoms with van der Waals surface area (Å²) < 4.78 is 0. The number of nitrogens with one attached hydrogen (secondary N) is 1. The van der Waals surface area contributed by atoms with Crippen LogP contribution in [0.2, 0.25) is 0 Å². The molecule has 1 aliphatic carbocycles. The fourth-order valence-corrected chi connectivity index (χ4v) is 3.15. The minimum absolute atomic E-state index is 0.132. The number of hydrogen-bond donors (Lipinski definition) is 1. The molecule has 0 heterocycles. The van der Waals surface area contributed by atoms with Gasteiger partial charge in [-0.25, -0.2) is 0 Å². The fraction of sp³-hybridized carbons (Fsp3) is 0.588. The lowest BCUT2D eigenvalue weighted by molar-refractivity contribution is -0.130. The Hall–Kier alpha value is -1.35. The first-order valence-electron chi connectivity index (χ1n) is 7.39. The summed E-state index contributed by atoms with van der Waals surface area (Å²) in [7, 11) is 3.61. The third kappa shape index (κ3) is 2.88. The summed E-state index contributed by atoms with van der Waals surface area (Å²) >= 11 is 0. The van der Waals surface area contributed by atoms with Crippen molar-refractivity contribution in [1.82, 2.24) is 10.2 Å². The van der Waals surface area contributed by atoms with Crippen LogP contribution in [0.25, 0.3) is 0 Å². The molecule has 2 atom stereocenters. The van der Waals surface area contributed by atoms with Crippen LogP contribution in [0.1, 0.15) is 50.8 Å². The predicted octanol–water partition coefficient (Wildman–Crippen LogP) is 2.87. The second-order valence-corrected chi connectivity index (χ2v) is 6.68. The topological polar surface area (TPSA) is 32.3 Å². The van der Waals surface area contributed by atoms with Gasteiger partial charge in [-0.05, 0) is 36.3 Å². The molecule has 1 N–H and O–H groups in total. The van der Waals surface area contributed by atoms with Gasteiger partial charge in [-0.2, -0.15) is 0 Å². The smallest absolute Gasteiger partial charge is 0.238 e. The molecule has 0 saturated carbocycles. The molecular formula is C17H26N2O. The second-order valence-electron chi connectivity index (χ2n) is 6.68. The molecule has 0 radical (unpaired) electrons. The van der Waals surface area contributed by atoms with Crippen LogP contribution in [-0.2, 0) is 10.2 Å². The normalized spacial score (nSPS) is 21.9. The van der Waals surface area contributed by atoms with Crippen molar-refractivity contribution in [3.8, 4) is 0 Å². The Labute approximate surface area is 122 Å². The fourth-order valence-electron chi connectivity index (χ4n) is 3.15. The van der Waals surface area contributed by atoms with E-state index in [2.05, 4.69) is 43.4 Å². The Kier molecular flexibility index (Phi) is 4.19. The van der Waals surface area contributed by atoms with E-state index < -0.39 is 0 Å². The highest BCUT2D eigenvalue weighted by Crippen LogP contribution is 2.41. The van der Waals surface area contributed by atoms with Crippen molar-refractivity contribution in [2.24, 2.45) is 0 Å². The quantitative estimate of drug-likeness (QED) is 0.919. The first kappa shape index (κ1) is 15.0. The lowest BCUT2D eigenvalue weighted by Crippen LogP contribution is -2.44. The second kappa shape index (κ2) is 5.57. The van der Waals surface area contributed by atoms with E-state index in [1.165, 1.54) is 11.1 Å². The predicted molar refractivity (Wildman–Crippen MR) is 82.7 cm³/mol. The van der Waals surface area contributed by atoms with Gasteiger partial charge < -0.3 is 4.90 Å². The van der Waals surface area contributed by atoms with Gasteiger partial charge in [0.05, 0.1) is 6.04 Å². The maximum absolute atomic E-state index is 12.0. The zero-order chi connectivity index (χ0) is 14.9. The summed E-state index contributed by atoms with van der Waals surface area (Å²) in [5, 5.41) is 3.50. The molecule has 2 rings (SSSR count). The van der Waals surface area contributed by atoms with Gasteiger partial charge in [0.15, 0.2) is 0 Å². The zero-order valence-electron chi connectivity index (χ0n) is 13.2. The summed E-state index contributed by atoms with van der Waals surface area (Å²) in [6.07, 6.45) is 2.22. The number of nitrogens with zero attached hydrogens (tertiary/aromatic N) is 1. The van der Waals surface area contributed by atoms with Crippen LogP contribution in [0, 0.1) is 0 Å². The number of rotatable bonds is 3. The number of amides is 1. The molecule has 0 spiro atoms. The van der Waals surface area contributed by atoms with Gasteiger partial charge in [0.2, 0.25) is 5.91 Å². The molecule has 0 aromatic heterocycles. The van der Waals surface area contributed by atoms with Crippen LogP contribution >= 0.6 is 0 Å². The molecule has 0 saturated heterocycles. The largest absolute Gasteiger partial charge is 0.347 e. The monoisotopic (exact) mass is 274 g/mol. The average molecular weight is 274 g/mol. The molecular weight excluding hydrogens is 248 g/mol. The van der Waals surface area contributed by atoms with Crippen molar-refractivity contribution >= 4 is 5.91 Å². The summed E-state index contributed by atoms with van der Waals surface area (Å²) in [6.45, 7) is 6.55. The number of carbonyl (C=O) groups excluding carboxylic acids is 1. The van der Waals surface area contributed by atoms with Gasteiger partial charge in [-0.1, -0.05) is 38.1 Å². The zero-order valence-corrected chi connectivity index (χ0v) is 13.2. The van der Waals surface area contributed by atoms with Crippen LogP contribution < -0.4 is 5.32 Å². The van der Waals surface area contributed by atoms with Crippen molar-refractivity contribution < 1.29 is 4.79 Å². The summed E-state index contributed by atoms with van der Waals surface area (Å²) in [6, 6.07) is 8.75. The van der Waals surface area contributed by atoms with Crippen LogP contribution in [0.15, 0.2) is 24.3 Å². The molecule has 1 aliphatic rings. The number of fused-ring (bicyclic) bond motifs is 1. The molecule has 1 aromatic rings. The van der Waals surface area contributed by atoms with Crippen molar-refractivity contribution in [3.05, 3.63) is 35.4 Å². The molecule has 0 bridgehead atoms. The maximum atomic E-state index is 12.0. The van der Waals surface area contributed by atoms with Crippen LogP contribution in [0.4, 0.5) is 0 Å². The first-order chi connectivity index (χ1) is 9.33. The van der Waals surface area contributed by atoms with Gasteiger partial charge in [0.25, 0.3) is 0 Å². The van der Waals surface area contributed by atoms with Gasteiger partial charge >= 0.3 is 0 Å². The summed E-state index contributed by atoms with van der Waals surface area (Å²) in [4.78, 5) is 13.7. The highest BCUT2D eigenvalue weighted by molar-refractivity contribution is 5.81. The number of likely N-dealkylation sites (N-methyl/N-ethyl adjacent to an activating group) is 1. The molecule has 0 aliphatic heterocycles. The Bertz CT molecular complexity index is 494. The van der Waals surface area contributed by atoms with Crippen molar-refractivity contribution in [3.63, 3.8) is 0 Å². The van der Waals surface area contributed by atoms with E-state index >= 15 is 0 Å². The highest BCUT2D eigenvalue weighted by atomic mass is 16.2. The van der Waals surface area contributed by atoms with Gasteiger partial charge in [-0.3, -0.25) is 10.1 Å². The minimum Gasteiger partial charge on any atom is -0.347 e. The molecule has 2 unspecified atom stereocenters. The van der Waals surface area contributed by atoms with E-state index in [0.717, 1.165) is 12.8 Å². The van der Waals surface area contributed by atoms with E-state index in [4.69, 9.17) is 0 Å². The number of benzene rings is 1. The molecule has 1 amide bonds. The Morgan fingerprint density at radius 1 is 1.35 bits per heavy atom. The third-order valence-electron chi connectivity index (χ3n) is 4.39. The van der Waals surface area contributed by atoms with E-state index in [1.807, 2.05) is 6.92 Å². The lowest BCUT2D eigenvalue weighted by Gasteiger charge is -2.38. The molecule has 0 fully saturated rings. The Morgan fingerprint density at radius 2 is 2.00 bits per heavy atom. The van der Waals surface area contributed by atoms with Crippen molar-refractivity contribution in [2.75, 3.05) is 14.1 Å². The van der Waals surface area contributed by atoms with E-state index in [1.54, 1.807) is 19.0 Å². The molecule has 3 nitrogen and oxygen atoms in total. The average Bonchev–Trinajstić information content (AvgIpc) is 2.41. The summed E-state index contributed by atoms with van der Waals surface area (Å²) in [5.74, 6) is 0.132. The third-order valence-corrected chi connectivity index (χ3v) is 4.39. The highest BCUT2D eigenvalue weighted by Gasteiger charge is 2.33. The molecule has 1 aromatic carbocycles. The molecule has 3 heteroatoms. The Morgan fingerprint density at radius 3 is 2.65 bits per heavy atom. The molecule has 110 valence electrons. The van der Waals surface area contributed by atoms with Crippen LogP contribution in [0.5, 0.6) is 0 Å². The number of hydrogen-bond acceptors (Lipinski definition) is 2. The SMILES string of the molecule is CC(NC1CCC(C)(C)c2ccccc21)C(=O)N(C)C. The maximum Gasteiger partial charge on any atom is 0.238 e. The molecule has 20 heavy (non-hydrogen) atoms. The van der Waals surface area contributed by atoms with Crippen molar-refractivity contribution in [1.29, 1.82) is 0 Å². The van der Waals surface area contributed by atoms with E-state index in [-0.39, 0.29) is 23.4 Å². The Balaban J connectivity index is 2.21. The summed E-state index contributed by atoms with van der Waals surface area (Å²) in [5.41, 5.74) is 2.99. The van der Waals surface area contributed by atoms with Crippen LogP contribution in [0.3, 0.4) is 0 Å². The van der Waals surface area contributed by atoms with E-state index in [0.29, 0.717) is 0 Å². The first-order valence-corrected chi connectivity index (χ1v) is 7.39. The minimum atomic E-state index is -0.149. The van der Waals surface area contributed by atoms with Gasteiger partial charge in [0, 0.05) is 20.1 Å². The lowest BCUT2D eigenvalue weighted by atomic mass is 9.71. The number of carbonyl (C=O) groups is 1. The van der Waals surface area contributed by atoms with Crippen molar-refractivity contribution in [2.45, 2.75) is 51.1 Å². The van der Waals surface area contributed by atoms with E-state index in [9.17, 15) is 4.79 Å². The van der Waals surface area contributed by atoms with Gasteiger partial charge in [-0.15, -0.1) is 0 Å².